The van der Waals surface area contributed by atoms with Crippen LogP contribution in [0, 0.1) is 5.82 Å². The molecular formula is C15H23FNO2+. The van der Waals surface area contributed by atoms with Gasteiger partial charge in [0.1, 0.15) is 24.2 Å². The van der Waals surface area contributed by atoms with E-state index < -0.39 is 0 Å². The molecule has 2 N–H and O–H groups in total. The Morgan fingerprint density at radius 1 is 1.26 bits per heavy atom. The summed E-state index contributed by atoms with van der Waals surface area (Å²) in [5.74, 6) is 0.515. The Hall–Kier alpha value is -1.13. The topological polar surface area (TPSA) is 35.1 Å². The largest absolute Gasteiger partial charge is 0.494 e. The lowest BCUT2D eigenvalue weighted by Crippen LogP contribution is -2.86. The summed E-state index contributed by atoms with van der Waals surface area (Å²) in [5.41, 5.74) is 0. The summed E-state index contributed by atoms with van der Waals surface area (Å²) in [4.78, 5) is 0. The van der Waals surface area contributed by atoms with Gasteiger partial charge in [0.25, 0.3) is 0 Å². The van der Waals surface area contributed by atoms with Crippen molar-refractivity contribution in [3.63, 3.8) is 0 Å². The van der Waals surface area contributed by atoms with Crippen LogP contribution in [0.3, 0.4) is 0 Å². The van der Waals surface area contributed by atoms with E-state index in [4.69, 9.17) is 9.47 Å². The van der Waals surface area contributed by atoms with E-state index in [-0.39, 0.29) is 5.82 Å². The van der Waals surface area contributed by atoms with Crippen LogP contribution in [0.15, 0.2) is 24.3 Å². The van der Waals surface area contributed by atoms with Crippen LogP contribution in [0.5, 0.6) is 5.75 Å². The molecule has 1 saturated heterocycles. The van der Waals surface area contributed by atoms with Crippen LogP contribution in [-0.4, -0.2) is 32.4 Å². The maximum atomic E-state index is 12.7. The Morgan fingerprint density at radius 2 is 2.11 bits per heavy atom. The maximum absolute atomic E-state index is 12.7. The van der Waals surface area contributed by atoms with Gasteiger partial charge in [0.05, 0.1) is 13.2 Å². The van der Waals surface area contributed by atoms with Gasteiger partial charge in [-0.25, -0.2) is 4.39 Å². The Bertz CT molecular complexity index is 350. The van der Waals surface area contributed by atoms with Gasteiger partial charge in [0, 0.05) is 6.61 Å². The summed E-state index contributed by atoms with van der Waals surface area (Å²) in [6, 6.07) is 6.17. The molecule has 19 heavy (non-hydrogen) atoms. The zero-order valence-electron chi connectivity index (χ0n) is 11.3. The van der Waals surface area contributed by atoms with Crippen molar-refractivity contribution in [2.24, 2.45) is 0 Å². The van der Waals surface area contributed by atoms with Crippen molar-refractivity contribution < 1.29 is 19.2 Å². The third-order valence-corrected chi connectivity index (χ3v) is 3.34. The van der Waals surface area contributed by atoms with Crippen LogP contribution in [0.25, 0.3) is 0 Å². The maximum Gasteiger partial charge on any atom is 0.123 e. The fourth-order valence-electron chi connectivity index (χ4n) is 2.25. The number of ether oxygens (including phenoxy) is 2. The first-order chi connectivity index (χ1) is 9.34. The SMILES string of the molecule is Fc1ccc(OCCCC[NH2+]C[C@H]2CCCO2)cc1. The number of quaternary nitrogens is 1. The van der Waals surface area contributed by atoms with Gasteiger partial charge >= 0.3 is 0 Å². The zero-order chi connectivity index (χ0) is 13.3. The molecule has 0 aliphatic carbocycles. The van der Waals surface area contributed by atoms with Crippen molar-refractivity contribution in [1.29, 1.82) is 0 Å². The first-order valence-corrected chi connectivity index (χ1v) is 7.16. The van der Waals surface area contributed by atoms with E-state index in [1.807, 2.05) is 0 Å². The first kappa shape index (κ1) is 14.3. The number of rotatable bonds is 8. The highest BCUT2D eigenvalue weighted by Crippen LogP contribution is 2.11. The summed E-state index contributed by atoms with van der Waals surface area (Å²) in [6.07, 6.45) is 5.05. The van der Waals surface area contributed by atoms with Crippen LogP contribution in [0.1, 0.15) is 25.7 Å². The fourth-order valence-corrected chi connectivity index (χ4v) is 2.25. The Balaban J connectivity index is 1.44. The molecule has 1 heterocycles. The molecule has 3 nitrogen and oxygen atoms in total. The molecule has 1 atom stereocenters. The Kier molecular flexibility index (Phi) is 6.11. The van der Waals surface area contributed by atoms with Crippen LogP contribution >= 0.6 is 0 Å². The summed E-state index contributed by atoms with van der Waals surface area (Å²) in [7, 11) is 0. The van der Waals surface area contributed by atoms with E-state index in [0.717, 1.165) is 38.3 Å². The van der Waals surface area contributed by atoms with E-state index in [2.05, 4.69) is 5.32 Å². The lowest BCUT2D eigenvalue weighted by Gasteiger charge is -2.08. The van der Waals surface area contributed by atoms with Crippen LogP contribution in [0.4, 0.5) is 4.39 Å². The molecule has 1 aliphatic rings. The minimum absolute atomic E-state index is 0.226. The number of benzene rings is 1. The van der Waals surface area contributed by atoms with E-state index in [1.165, 1.54) is 25.0 Å². The van der Waals surface area contributed by atoms with Gasteiger partial charge in [-0.3, -0.25) is 0 Å². The minimum Gasteiger partial charge on any atom is -0.494 e. The monoisotopic (exact) mass is 268 g/mol. The number of nitrogens with two attached hydrogens (primary N) is 1. The summed E-state index contributed by atoms with van der Waals surface area (Å²) >= 11 is 0. The van der Waals surface area contributed by atoms with Crippen LogP contribution in [-0.2, 0) is 4.74 Å². The lowest BCUT2D eigenvalue weighted by atomic mass is 10.2. The standard InChI is InChI=1S/C15H22FNO2/c16-13-5-7-14(8-6-13)18-10-2-1-9-17-12-15-4-3-11-19-15/h5-8,15,17H,1-4,9-12H2/p+1/t15-/m1/s1. The molecule has 0 amide bonds. The van der Waals surface area contributed by atoms with Gasteiger partial charge in [-0.2, -0.15) is 0 Å². The van der Waals surface area contributed by atoms with Gasteiger partial charge in [0.15, 0.2) is 0 Å². The quantitative estimate of drug-likeness (QED) is 0.729. The van der Waals surface area contributed by atoms with E-state index in [0.29, 0.717) is 12.7 Å². The van der Waals surface area contributed by atoms with Crippen molar-refractivity contribution >= 4 is 0 Å². The van der Waals surface area contributed by atoms with Gasteiger partial charge in [0.2, 0.25) is 0 Å². The first-order valence-electron chi connectivity index (χ1n) is 7.16. The average molecular weight is 268 g/mol. The second-order valence-corrected chi connectivity index (χ2v) is 4.96. The highest BCUT2D eigenvalue weighted by atomic mass is 19.1. The molecule has 106 valence electrons. The highest BCUT2D eigenvalue weighted by Gasteiger charge is 2.16. The molecule has 0 unspecified atom stereocenters. The molecule has 0 saturated carbocycles. The molecule has 0 aromatic heterocycles. The molecule has 1 aromatic rings. The minimum atomic E-state index is -0.226. The fraction of sp³-hybridized carbons (Fsp3) is 0.600. The summed E-state index contributed by atoms with van der Waals surface area (Å²) in [6.45, 7) is 3.83. The van der Waals surface area contributed by atoms with Crippen molar-refractivity contribution in [3.8, 4) is 5.75 Å². The molecule has 0 spiro atoms. The molecule has 2 rings (SSSR count). The molecule has 0 radical (unpaired) electrons. The lowest BCUT2D eigenvalue weighted by molar-refractivity contribution is -0.661. The Morgan fingerprint density at radius 3 is 2.84 bits per heavy atom. The highest BCUT2D eigenvalue weighted by molar-refractivity contribution is 5.21. The van der Waals surface area contributed by atoms with Crippen molar-refractivity contribution in [2.45, 2.75) is 31.8 Å². The van der Waals surface area contributed by atoms with E-state index in [9.17, 15) is 4.39 Å². The van der Waals surface area contributed by atoms with Gasteiger partial charge in [-0.05, 0) is 49.9 Å². The molecule has 1 fully saturated rings. The van der Waals surface area contributed by atoms with Crippen molar-refractivity contribution in [2.75, 3.05) is 26.3 Å². The molecular weight excluding hydrogens is 245 g/mol. The average Bonchev–Trinajstić information content (AvgIpc) is 2.93. The van der Waals surface area contributed by atoms with Gasteiger partial charge in [-0.15, -0.1) is 0 Å². The smallest absolute Gasteiger partial charge is 0.123 e. The summed E-state index contributed by atoms with van der Waals surface area (Å²) in [5, 5.41) is 2.33. The molecule has 1 aliphatic heterocycles. The predicted molar refractivity (Wildman–Crippen MR) is 71.8 cm³/mol. The third-order valence-electron chi connectivity index (χ3n) is 3.34. The van der Waals surface area contributed by atoms with Crippen molar-refractivity contribution in [3.05, 3.63) is 30.1 Å². The molecule has 4 heteroatoms. The number of hydrogen-bond donors (Lipinski definition) is 1. The third kappa shape index (κ3) is 5.57. The summed E-state index contributed by atoms with van der Waals surface area (Å²) < 4.78 is 23.8. The Labute approximate surface area is 114 Å². The van der Waals surface area contributed by atoms with Crippen molar-refractivity contribution in [1.82, 2.24) is 0 Å². The number of halogens is 1. The van der Waals surface area contributed by atoms with E-state index >= 15 is 0 Å². The van der Waals surface area contributed by atoms with Crippen LogP contribution < -0.4 is 10.1 Å². The normalized spacial score (nSPS) is 18.7. The molecule has 1 aromatic carbocycles. The second kappa shape index (κ2) is 8.12. The second-order valence-electron chi connectivity index (χ2n) is 4.96. The molecule has 0 bridgehead atoms. The van der Waals surface area contributed by atoms with E-state index in [1.54, 1.807) is 12.1 Å². The number of hydrogen-bond acceptors (Lipinski definition) is 2. The van der Waals surface area contributed by atoms with Crippen LogP contribution in [0.2, 0.25) is 0 Å². The van der Waals surface area contributed by atoms with Gasteiger partial charge < -0.3 is 14.8 Å². The predicted octanol–water partition coefficient (Wildman–Crippen LogP) is 1.73. The zero-order valence-corrected chi connectivity index (χ0v) is 11.3. The van der Waals surface area contributed by atoms with Gasteiger partial charge in [-0.1, -0.05) is 0 Å². The number of unbranched alkanes of at least 4 members (excludes halogenated alkanes) is 1.